The first-order valence-corrected chi connectivity index (χ1v) is 8.21. The minimum atomic E-state index is 0.0831. The van der Waals surface area contributed by atoms with Crippen molar-refractivity contribution in [1.29, 1.82) is 0 Å². The van der Waals surface area contributed by atoms with Crippen molar-refractivity contribution in [2.45, 2.75) is 13.5 Å². The zero-order chi connectivity index (χ0) is 17.8. The van der Waals surface area contributed by atoms with Gasteiger partial charge in [0, 0.05) is 17.6 Å². The number of aromatic nitrogens is 1. The number of hydrogen-bond donors (Lipinski definition) is 2. The Kier molecular flexibility index (Phi) is 4.95. The fourth-order valence-corrected chi connectivity index (χ4v) is 2.77. The SMILES string of the molecule is CCn1c(O)c(N=NC(=S)Nc2ccc(OC)cc2)c2ccccc21. The topological polar surface area (TPSA) is 71.1 Å². The Bertz CT molecular complexity index is 932. The summed E-state index contributed by atoms with van der Waals surface area (Å²) >= 11 is 5.21. The van der Waals surface area contributed by atoms with Crippen LogP contribution in [0.4, 0.5) is 11.4 Å². The minimum absolute atomic E-state index is 0.0831. The summed E-state index contributed by atoms with van der Waals surface area (Å²) in [5.41, 5.74) is 2.10. The molecule has 0 aliphatic carbocycles. The molecule has 0 radical (unpaired) electrons. The van der Waals surface area contributed by atoms with Gasteiger partial charge in [0.1, 0.15) is 5.75 Å². The van der Waals surface area contributed by atoms with Crippen LogP contribution in [0.2, 0.25) is 0 Å². The predicted molar refractivity (Wildman–Crippen MR) is 103 cm³/mol. The molecule has 0 bridgehead atoms. The summed E-state index contributed by atoms with van der Waals surface area (Å²) in [6.07, 6.45) is 0. The summed E-state index contributed by atoms with van der Waals surface area (Å²) in [5, 5.41) is 22.6. The van der Waals surface area contributed by atoms with Crippen molar-refractivity contribution >= 4 is 39.6 Å². The lowest BCUT2D eigenvalue weighted by Crippen LogP contribution is -2.04. The third kappa shape index (κ3) is 3.46. The van der Waals surface area contributed by atoms with E-state index in [1.807, 2.05) is 55.5 Å². The second kappa shape index (κ2) is 7.31. The van der Waals surface area contributed by atoms with Crippen LogP contribution in [0, 0.1) is 0 Å². The highest BCUT2D eigenvalue weighted by molar-refractivity contribution is 7.80. The van der Waals surface area contributed by atoms with Gasteiger partial charge in [0.15, 0.2) is 5.69 Å². The number of anilines is 1. The summed E-state index contributed by atoms with van der Waals surface area (Å²) in [4.78, 5) is 0. The van der Waals surface area contributed by atoms with Crippen LogP contribution in [0.3, 0.4) is 0 Å². The number of fused-ring (bicyclic) bond motifs is 1. The Morgan fingerprint density at radius 3 is 2.60 bits per heavy atom. The number of benzene rings is 2. The third-order valence-electron chi connectivity index (χ3n) is 3.82. The smallest absolute Gasteiger partial charge is 0.220 e. The van der Waals surface area contributed by atoms with Gasteiger partial charge in [-0.15, -0.1) is 10.2 Å². The molecule has 128 valence electrons. The van der Waals surface area contributed by atoms with Gasteiger partial charge >= 0.3 is 0 Å². The highest BCUT2D eigenvalue weighted by Gasteiger charge is 2.15. The van der Waals surface area contributed by atoms with E-state index in [1.54, 1.807) is 11.7 Å². The normalized spacial score (nSPS) is 11.1. The van der Waals surface area contributed by atoms with E-state index in [-0.39, 0.29) is 11.0 Å². The minimum Gasteiger partial charge on any atom is -0.497 e. The Labute approximate surface area is 150 Å². The molecule has 0 atom stereocenters. The molecule has 3 aromatic rings. The molecule has 0 saturated heterocycles. The Morgan fingerprint density at radius 1 is 1.20 bits per heavy atom. The van der Waals surface area contributed by atoms with Gasteiger partial charge in [-0.3, -0.25) is 0 Å². The molecule has 2 N–H and O–H groups in total. The van der Waals surface area contributed by atoms with Gasteiger partial charge in [-0.1, -0.05) is 18.2 Å². The van der Waals surface area contributed by atoms with Gasteiger partial charge < -0.3 is 19.7 Å². The van der Waals surface area contributed by atoms with Crippen molar-refractivity contribution in [3.8, 4) is 11.6 Å². The van der Waals surface area contributed by atoms with Crippen LogP contribution in [-0.2, 0) is 6.54 Å². The van der Waals surface area contributed by atoms with E-state index in [1.165, 1.54) is 0 Å². The highest BCUT2D eigenvalue weighted by atomic mass is 32.1. The Morgan fingerprint density at radius 2 is 1.92 bits per heavy atom. The van der Waals surface area contributed by atoms with E-state index >= 15 is 0 Å². The van der Waals surface area contributed by atoms with Crippen molar-refractivity contribution < 1.29 is 9.84 Å². The van der Waals surface area contributed by atoms with E-state index in [2.05, 4.69) is 15.5 Å². The average Bonchev–Trinajstić information content (AvgIpc) is 2.91. The van der Waals surface area contributed by atoms with Crippen LogP contribution in [0.5, 0.6) is 11.6 Å². The first-order valence-electron chi connectivity index (χ1n) is 7.81. The maximum absolute atomic E-state index is 10.4. The van der Waals surface area contributed by atoms with Crippen LogP contribution >= 0.6 is 12.2 Å². The number of methoxy groups -OCH3 is 1. The van der Waals surface area contributed by atoms with Crippen molar-refractivity contribution in [1.82, 2.24) is 4.57 Å². The standard InChI is InChI=1S/C18H18N4O2S/c1-3-22-15-7-5-4-6-14(15)16(17(22)23)20-21-18(25)19-12-8-10-13(24-2)11-9-12/h4-11,23H,3H2,1-2H3,(H,19,25). The van der Waals surface area contributed by atoms with Gasteiger partial charge in [-0.2, -0.15) is 0 Å². The van der Waals surface area contributed by atoms with Crippen LogP contribution in [0.25, 0.3) is 10.9 Å². The molecule has 0 aliphatic rings. The maximum atomic E-state index is 10.4. The molecule has 1 heterocycles. The van der Waals surface area contributed by atoms with E-state index < -0.39 is 0 Å². The van der Waals surface area contributed by atoms with E-state index in [0.29, 0.717) is 12.2 Å². The molecule has 0 spiro atoms. The molecule has 0 aliphatic heterocycles. The van der Waals surface area contributed by atoms with E-state index in [4.69, 9.17) is 17.0 Å². The Balaban J connectivity index is 1.82. The molecule has 0 unspecified atom stereocenters. The first-order chi connectivity index (χ1) is 12.1. The van der Waals surface area contributed by atoms with Crippen molar-refractivity contribution in [3.63, 3.8) is 0 Å². The largest absolute Gasteiger partial charge is 0.497 e. The van der Waals surface area contributed by atoms with Gasteiger partial charge in [0.05, 0.1) is 12.6 Å². The number of aryl methyl sites for hydroxylation is 1. The molecule has 0 amide bonds. The lowest BCUT2D eigenvalue weighted by atomic mass is 10.2. The molecule has 0 saturated carbocycles. The van der Waals surface area contributed by atoms with E-state index in [9.17, 15) is 5.11 Å². The number of nitrogens with one attached hydrogen (secondary N) is 1. The number of azo groups is 1. The van der Waals surface area contributed by atoms with Gasteiger partial charge in [-0.05, 0) is 49.5 Å². The molecule has 7 heteroatoms. The summed E-state index contributed by atoms with van der Waals surface area (Å²) in [6.45, 7) is 2.60. The van der Waals surface area contributed by atoms with Gasteiger partial charge in [-0.25, -0.2) is 0 Å². The number of rotatable bonds is 4. The molecular weight excluding hydrogens is 336 g/mol. The molecule has 1 aromatic heterocycles. The molecular formula is C18H18N4O2S. The molecule has 3 rings (SSSR count). The molecule has 6 nitrogen and oxygen atoms in total. The molecule has 25 heavy (non-hydrogen) atoms. The van der Waals surface area contributed by atoms with Crippen molar-refractivity contribution in [3.05, 3.63) is 48.5 Å². The van der Waals surface area contributed by atoms with Crippen LogP contribution < -0.4 is 10.1 Å². The first kappa shape index (κ1) is 16.9. The van der Waals surface area contributed by atoms with E-state index in [0.717, 1.165) is 22.3 Å². The highest BCUT2D eigenvalue weighted by Crippen LogP contribution is 2.38. The molecule has 2 aromatic carbocycles. The number of ether oxygens (including phenoxy) is 1. The summed E-state index contributed by atoms with van der Waals surface area (Å²) in [5.74, 6) is 0.843. The lowest BCUT2D eigenvalue weighted by Gasteiger charge is -2.04. The second-order valence-electron chi connectivity index (χ2n) is 5.29. The number of thiocarbonyl (C=S) groups is 1. The monoisotopic (exact) mass is 354 g/mol. The Hall–Kier alpha value is -2.93. The maximum Gasteiger partial charge on any atom is 0.220 e. The quantitative estimate of drug-likeness (QED) is 0.519. The van der Waals surface area contributed by atoms with Gasteiger partial charge in [0.2, 0.25) is 11.0 Å². The summed E-state index contributed by atoms with van der Waals surface area (Å²) < 4.78 is 6.90. The predicted octanol–water partition coefficient (Wildman–Crippen LogP) is 4.86. The number of aromatic hydroxyl groups is 1. The lowest BCUT2D eigenvalue weighted by molar-refractivity contribution is 0.415. The zero-order valence-corrected chi connectivity index (χ0v) is 14.7. The molecule has 0 fully saturated rings. The third-order valence-corrected chi connectivity index (χ3v) is 4.00. The van der Waals surface area contributed by atoms with Crippen LogP contribution in [0.1, 0.15) is 6.92 Å². The van der Waals surface area contributed by atoms with Crippen molar-refractivity contribution in [2.75, 3.05) is 12.4 Å². The zero-order valence-electron chi connectivity index (χ0n) is 13.9. The van der Waals surface area contributed by atoms with Crippen LogP contribution in [0.15, 0.2) is 58.8 Å². The van der Waals surface area contributed by atoms with Crippen molar-refractivity contribution in [2.24, 2.45) is 10.2 Å². The number of hydrogen-bond acceptors (Lipinski definition) is 4. The number of para-hydroxylation sites is 1. The fraction of sp³-hybridized carbons (Fsp3) is 0.167. The fourth-order valence-electron chi connectivity index (χ4n) is 2.61. The van der Waals surface area contributed by atoms with Crippen LogP contribution in [-0.4, -0.2) is 21.9 Å². The number of nitrogens with zero attached hydrogens (tertiary/aromatic N) is 3. The summed E-state index contributed by atoms with van der Waals surface area (Å²) in [6, 6.07) is 15.0. The summed E-state index contributed by atoms with van der Waals surface area (Å²) in [7, 11) is 1.61. The van der Waals surface area contributed by atoms with Gasteiger partial charge in [0.25, 0.3) is 0 Å². The average molecular weight is 354 g/mol. The second-order valence-corrected chi connectivity index (χ2v) is 5.68.